The summed E-state index contributed by atoms with van der Waals surface area (Å²) in [6, 6.07) is 10.8. The Balaban J connectivity index is 1.64. The second kappa shape index (κ2) is 5.81. The number of hydrogen-bond donors (Lipinski definition) is 0. The van der Waals surface area contributed by atoms with Gasteiger partial charge in [-0.25, -0.2) is 13.6 Å². The van der Waals surface area contributed by atoms with Crippen molar-refractivity contribution in [1.82, 2.24) is 0 Å². The predicted molar refractivity (Wildman–Crippen MR) is 88.6 cm³/mol. The standard InChI is InChI=1S/C19H13F2NO3/c20-15-8-12-5-6-22(17(12)10-16(15)21)18(23)9-13-7-11-3-1-2-4-14(11)19(24)25-13/h1-4,7-8,10H,5-6,9H2. The van der Waals surface area contributed by atoms with Crippen molar-refractivity contribution in [2.24, 2.45) is 0 Å². The van der Waals surface area contributed by atoms with Crippen molar-refractivity contribution in [3.63, 3.8) is 0 Å². The normalized spacial score (nSPS) is 13.3. The van der Waals surface area contributed by atoms with E-state index in [0.29, 0.717) is 35.0 Å². The van der Waals surface area contributed by atoms with Gasteiger partial charge in [0.05, 0.1) is 17.5 Å². The lowest BCUT2D eigenvalue weighted by molar-refractivity contribution is -0.118. The maximum Gasteiger partial charge on any atom is 0.343 e. The first-order valence-corrected chi connectivity index (χ1v) is 7.83. The highest BCUT2D eigenvalue weighted by molar-refractivity contribution is 5.96. The third kappa shape index (κ3) is 2.69. The molecule has 1 aliphatic heterocycles. The summed E-state index contributed by atoms with van der Waals surface area (Å²) < 4.78 is 32.0. The van der Waals surface area contributed by atoms with E-state index in [1.165, 1.54) is 4.90 Å². The molecule has 0 saturated heterocycles. The van der Waals surface area contributed by atoms with Crippen LogP contribution in [0.5, 0.6) is 0 Å². The van der Waals surface area contributed by atoms with E-state index in [0.717, 1.165) is 12.1 Å². The van der Waals surface area contributed by atoms with Gasteiger partial charge >= 0.3 is 5.63 Å². The fraction of sp³-hybridized carbons (Fsp3) is 0.158. The number of hydrogen-bond acceptors (Lipinski definition) is 3. The molecule has 0 spiro atoms. The molecule has 0 fully saturated rings. The predicted octanol–water partition coefficient (Wildman–Crippen LogP) is 3.20. The Labute approximate surface area is 141 Å². The van der Waals surface area contributed by atoms with Crippen LogP contribution < -0.4 is 10.5 Å². The quantitative estimate of drug-likeness (QED) is 0.719. The second-order valence-electron chi connectivity index (χ2n) is 5.95. The second-order valence-corrected chi connectivity index (χ2v) is 5.95. The minimum Gasteiger partial charge on any atom is -0.427 e. The zero-order valence-corrected chi connectivity index (χ0v) is 13.1. The van der Waals surface area contributed by atoms with E-state index in [4.69, 9.17) is 4.42 Å². The van der Waals surface area contributed by atoms with E-state index in [1.807, 2.05) is 0 Å². The van der Waals surface area contributed by atoms with Crippen LogP contribution in [-0.4, -0.2) is 12.5 Å². The lowest BCUT2D eigenvalue weighted by Crippen LogP contribution is -2.30. The van der Waals surface area contributed by atoms with Crippen LogP contribution in [0.3, 0.4) is 0 Å². The number of carbonyl (C=O) groups is 1. The first kappa shape index (κ1) is 15.5. The Morgan fingerprint density at radius 2 is 1.88 bits per heavy atom. The first-order chi connectivity index (χ1) is 12.0. The molecule has 1 amide bonds. The Morgan fingerprint density at radius 1 is 1.12 bits per heavy atom. The monoisotopic (exact) mass is 341 g/mol. The zero-order valence-electron chi connectivity index (χ0n) is 13.1. The number of fused-ring (bicyclic) bond motifs is 2. The molecule has 1 aromatic heterocycles. The van der Waals surface area contributed by atoms with E-state index in [1.54, 1.807) is 30.3 Å². The van der Waals surface area contributed by atoms with Crippen molar-refractivity contribution in [2.45, 2.75) is 12.8 Å². The summed E-state index contributed by atoms with van der Waals surface area (Å²) in [4.78, 5) is 26.0. The van der Waals surface area contributed by atoms with Crippen molar-refractivity contribution in [1.29, 1.82) is 0 Å². The highest BCUT2D eigenvalue weighted by Gasteiger charge is 2.27. The summed E-state index contributed by atoms with van der Waals surface area (Å²) in [7, 11) is 0. The fourth-order valence-electron chi connectivity index (χ4n) is 3.16. The largest absolute Gasteiger partial charge is 0.427 e. The average Bonchev–Trinajstić information content (AvgIpc) is 2.98. The van der Waals surface area contributed by atoms with Crippen molar-refractivity contribution >= 4 is 22.4 Å². The molecule has 0 N–H and O–H groups in total. The van der Waals surface area contributed by atoms with Crippen molar-refractivity contribution in [3.8, 4) is 0 Å². The molecule has 4 rings (SSSR count). The molecule has 2 heterocycles. The van der Waals surface area contributed by atoms with Gasteiger partial charge in [0.25, 0.3) is 0 Å². The highest BCUT2D eigenvalue weighted by atomic mass is 19.2. The van der Waals surface area contributed by atoms with Gasteiger partial charge < -0.3 is 9.32 Å². The van der Waals surface area contributed by atoms with E-state index >= 15 is 0 Å². The lowest BCUT2D eigenvalue weighted by Gasteiger charge is -2.17. The van der Waals surface area contributed by atoms with E-state index in [9.17, 15) is 18.4 Å². The van der Waals surface area contributed by atoms with Crippen molar-refractivity contribution in [3.05, 3.63) is 75.8 Å². The highest BCUT2D eigenvalue weighted by Crippen LogP contribution is 2.30. The maximum atomic E-state index is 13.5. The molecule has 3 aromatic rings. The lowest BCUT2D eigenvalue weighted by atomic mass is 10.1. The molecule has 2 aromatic carbocycles. The molecule has 0 aliphatic carbocycles. The van der Waals surface area contributed by atoms with Crippen LogP contribution in [0.4, 0.5) is 14.5 Å². The van der Waals surface area contributed by atoms with Gasteiger partial charge in [0.15, 0.2) is 11.6 Å². The SMILES string of the molecule is O=C(Cc1cc2ccccc2c(=O)o1)N1CCc2cc(F)c(F)cc21. The summed E-state index contributed by atoms with van der Waals surface area (Å²) in [6.45, 7) is 0.342. The number of benzene rings is 2. The van der Waals surface area contributed by atoms with Crippen LogP contribution in [0.2, 0.25) is 0 Å². The molecule has 1 aliphatic rings. The van der Waals surface area contributed by atoms with Crippen molar-refractivity contribution in [2.75, 3.05) is 11.4 Å². The molecule has 126 valence electrons. The maximum absolute atomic E-state index is 13.5. The van der Waals surface area contributed by atoms with Crippen LogP contribution in [-0.2, 0) is 17.6 Å². The van der Waals surface area contributed by atoms with Crippen molar-refractivity contribution < 1.29 is 18.0 Å². The molecule has 6 heteroatoms. The van der Waals surface area contributed by atoms with E-state index < -0.39 is 17.3 Å². The smallest absolute Gasteiger partial charge is 0.343 e. The summed E-state index contributed by atoms with van der Waals surface area (Å²) in [5, 5.41) is 1.14. The third-order valence-corrected chi connectivity index (χ3v) is 4.36. The summed E-state index contributed by atoms with van der Waals surface area (Å²) in [5.41, 5.74) is 0.454. The van der Waals surface area contributed by atoms with Crippen LogP contribution in [0.1, 0.15) is 11.3 Å². The summed E-state index contributed by atoms with van der Waals surface area (Å²) in [6.07, 6.45) is 0.332. The number of carbonyl (C=O) groups excluding carboxylic acids is 1. The third-order valence-electron chi connectivity index (χ3n) is 4.36. The van der Waals surface area contributed by atoms with Crippen LogP contribution in [0, 0.1) is 11.6 Å². The minimum absolute atomic E-state index is 0.126. The van der Waals surface area contributed by atoms with Gasteiger partial charge in [-0.1, -0.05) is 18.2 Å². The topological polar surface area (TPSA) is 50.5 Å². The molecule has 0 bridgehead atoms. The number of amides is 1. The minimum atomic E-state index is -0.990. The molecular weight excluding hydrogens is 328 g/mol. The van der Waals surface area contributed by atoms with E-state index in [-0.39, 0.29) is 18.1 Å². The number of anilines is 1. The molecule has 0 unspecified atom stereocenters. The zero-order chi connectivity index (χ0) is 17.6. The Kier molecular flexibility index (Phi) is 3.60. The fourth-order valence-corrected chi connectivity index (χ4v) is 3.16. The van der Waals surface area contributed by atoms with Gasteiger partial charge in [-0.2, -0.15) is 0 Å². The number of halogens is 2. The molecule has 0 atom stereocenters. The Bertz CT molecular complexity index is 1060. The molecule has 4 nitrogen and oxygen atoms in total. The summed E-state index contributed by atoms with van der Waals surface area (Å²) >= 11 is 0. The Hall–Kier alpha value is -3.02. The van der Waals surface area contributed by atoms with Gasteiger partial charge in [0.1, 0.15) is 5.76 Å². The van der Waals surface area contributed by atoms with Gasteiger partial charge in [-0.15, -0.1) is 0 Å². The van der Waals surface area contributed by atoms with Crippen LogP contribution >= 0.6 is 0 Å². The number of rotatable bonds is 2. The average molecular weight is 341 g/mol. The molecular formula is C19H13F2NO3. The van der Waals surface area contributed by atoms with Crippen LogP contribution in [0.25, 0.3) is 10.8 Å². The van der Waals surface area contributed by atoms with Gasteiger partial charge in [0, 0.05) is 12.6 Å². The van der Waals surface area contributed by atoms with Gasteiger partial charge in [0.2, 0.25) is 5.91 Å². The molecule has 25 heavy (non-hydrogen) atoms. The van der Waals surface area contributed by atoms with Gasteiger partial charge in [-0.05, 0) is 35.6 Å². The number of nitrogens with zero attached hydrogens (tertiary/aromatic N) is 1. The van der Waals surface area contributed by atoms with E-state index in [2.05, 4.69) is 0 Å². The summed E-state index contributed by atoms with van der Waals surface area (Å²) in [5.74, 6) is -2.00. The van der Waals surface area contributed by atoms with Crippen LogP contribution in [0.15, 0.2) is 51.7 Å². The first-order valence-electron chi connectivity index (χ1n) is 7.83. The molecule has 0 radical (unpaired) electrons. The molecule has 0 saturated carbocycles. The Morgan fingerprint density at radius 3 is 2.72 bits per heavy atom. The van der Waals surface area contributed by atoms with Gasteiger partial charge in [-0.3, -0.25) is 4.79 Å².